The predicted octanol–water partition coefficient (Wildman–Crippen LogP) is 3.92. The summed E-state index contributed by atoms with van der Waals surface area (Å²) in [6.07, 6.45) is 2.05. The van der Waals surface area contributed by atoms with Crippen LogP contribution in [-0.2, 0) is 6.61 Å². The normalized spacial score (nSPS) is 10.4. The summed E-state index contributed by atoms with van der Waals surface area (Å²) in [5.74, 6) is 0.543. The van der Waals surface area contributed by atoms with Crippen LogP contribution < -0.4 is 9.47 Å². The van der Waals surface area contributed by atoms with Crippen molar-refractivity contribution in [2.45, 2.75) is 26.4 Å². The fourth-order valence-corrected chi connectivity index (χ4v) is 2.14. The van der Waals surface area contributed by atoms with E-state index in [4.69, 9.17) is 9.47 Å². The molecule has 112 valence electrons. The lowest BCUT2D eigenvalue weighted by molar-refractivity contribution is 0.261. The van der Waals surface area contributed by atoms with Crippen LogP contribution in [0.3, 0.4) is 0 Å². The molecular formula is C16H19BrN2O2. The minimum absolute atomic E-state index is 0.382. The molecule has 2 aromatic rings. The third-order valence-electron chi connectivity index (χ3n) is 2.80. The van der Waals surface area contributed by atoms with Gasteiger partial charge in [0, 0.05) is 17.1 Å². The van der Waals surface area contributed by atoms with E-state index in [-0.39, 0.29) is 0 Å². The summed E-state index contributed by atoms with van der Waals surface area (Å²) < 4.78 is 11.3. The highest BCUT2D eigenvalue weighted by molar-refractivity contribution is 9.09. The molecular weight excluding hydrogens is 332 g/mol. The number of alkyl halides is 1. The van der Waals surface area contributed by atoms with Gasteiger partial charge in [-0.1, -0.05) is 46.3 Å². The first-order chi connectivity index (χ1) is 10.3. The Morgan fingerprint density at radius 1 is 1.05 bits per heavy atom. The van der Waals surface area contributed by atoms with Crippen molar-refractivity contribution in [3.05, 3.63) is 47.7 Å². The Bertz CT molecular complexity index is 549. The van der Waals surface area contributed by atoms with E-state index in [2.05, 4.69) is 25.9 Å². The molecule has 0 radical (unpaired) electrons. The van der Waals surface area contributed by atoms with Crippen molar-refractivity contribution in [1.29, 1.82) is 0 Å². The number of hydrogen-bond acceptors (Lipinski definition) is 4. The van der Waals surface area contributed by atoms with Gasteiger partial charge in [-0.25, -0.2) is 4.98 Å². The molecule has 1 aromatic heterocycles. The highest BCUT2D eigenvalue weighted by Gasteiger charge is 2.05. The SMILES string of the molecule is Cc1cc(OCc2ccccc2)nc(OCCCCBr)n1. The Morgan fingerprint density at radius 3 is 2.62 bits per heavy atom. The number of aromatic nitrogens is 2. The largest absolute Gasteiger partial charge is 0.473 e. The summed E-state index contributed by atoms with van der Waals surface area (Å²) in [6.45, 7) is 3.01. The molecule has 0 spiro atoms. The minimum atomic E-state index is 0.382. The molecule has 0 atom stereocenters. The molecule has 2 rings (SSSR count). The van der Waals surface area contributed by atoms with Crippen molar-refractivity contribution in [3.8, 4) is 11.9 Å². The maximum Gasteiger partial charge on any atom is 0.319 e. The monoisotopic (exact) mass is 350 g/mol. The molecule has 0 aliphatic rings. The molecule has 5 heteroatoms. The zero-order chi connectivity index (χ0) is 14.9. The highest BCUT2D eigenvalue weighted by Crippen LogP contribution is 2.15. The van der Waals surface area contributed by atoms with Crippen LogP contribution in [0.2, 0.25) is 0 Å². The third-order valence-corrected chi connectivity index (χ3v) is 3.36. The summed E-state index contributed by atoms with van der Waals surface area (Å²) in [4.78, 5) is 8.54. The van der Waals surface area contributed by atoms with Crippen LogP contribution >= 0.6 is 15.9 Å². The maximum absolute atomic E-state index is 5.70. The van der Waals surface area contributed by atoms with Crippen LogP contribution in [0.4, 0.5) is 0 Å². The van der Waals surface area contributed by atoms with Crippen LogP contribution in [0.1, 0.15) is 24.1 Å². The van der Waals surface area contributed by atoms with Crippen LogP contribution in [0, 0.1) is 6.92 Å². The topological polar surface area (TPSA) is 44.2 Å². The Hall–Kier alpha value is -1.62. The number of unbranched alkanes of at least 4 members (excludes halogenated alkanes) is 1. The summed E-state index contributed by atoms with van der Waals surface area (Å²) in [7, 11) is 0. The molecule has 1 heterocycles. The Labute approximate surface area is 133 Å². The van der Waals surface area contributed by atoms with Gasteiger partial charge >= 0.3 is 6.01 Å². The number of benzene rings is 1. The van der Waals surface area contributed by atoms with Gasteiger partial charge in [-0.05, 0) is 25.3 Å². The van der Waals surface area contributed by atoms with Crippen molar-refractivity contribution < 1.29 is 9.47 Å². The van der Waals surface area contributed by atoms with E-state index in [1.54, 1.807) is 0 Å². The Balaban J connectivity index is 1.91. The molecule has 0 bridgehead atoms. The van der Waals surface area contributed by atoms with Gasteiger partial charge in [-0.15, -0.1) is 0 Å². The van der Waals surface area contributed by atoms with Crippen molar-refractivity contribution in [2.24, 2.45) is 0 Å². The van der Waals surface area contributed by atoms with Gasteiger partial charge in [-0.2, -0.15) is 4.98 Å². The molecule has 0 saturated carbocycles. The molecule has 0 saturated heterocycles. The summed E-state index contributed by atoms with van der Waals surface area (Å²) in [5.41, 5.74) is 1.94. The molecule has 0 N–H and O–H groups in total. The average molecular weight is 351 g/mol. The van der Waals surface area contributed by atoms with E-state index in [0.29, 0.717) is 25.1 Å². The molecule has 1 aromatic carbocycles. The summed E-state index contributed by atoms with van der Waals surface area (Å²) in [6, 6.07) is 12.2. The van der Waals surface area contributed by atoms with Gasteiger partial charge in [0.15, 0.2) is 0 Å². The lowest BCUT2D eigenvalue weighted by atomic mass is 10.2. The van der Waals surface area contributed by atoms with Gasteiger partial charge in [0.25, 0.3) is 0 Å². The van der Waals surface area contributed by atoms with E-state index in [1.165, 1.54) is 0 Å². The molecule has 0 unspecified atom stereocenters. The van der Waals surface area contributed by atoms with Crippen LogP contribution in [0.5, 0.6) is 11.9 Å². The van der Waals surface area contributed by atoms with Gasteiger partial charge in [0.05, 0.1) is 6.61 Å². The molecule has 0 fully saturated rings. The zero-order valence-electron chi connectivity index (χ0n) is 12.1. The van der Waals surface area contributed by atoms with Crippen LogP contribution in [-0.4, -0.2) is 21.9 Å². The van der Waals surface area contributed by atoms with Crippen molar-refractivity contribution in [1.82, 2.24) is 9.97 Å². The van der Waals surface area contributed by atoms with E-state index >= 15 is 0 Å². The standard InChI is InChI=1S/C16H19BrN2O2/c1-13-11-15(21-12-14-7-3-2-4-8-14)19-16(18-13)20-10-6-5-9-17/h2-4,7-8,11H,5-6,9-10,12H2,1H3. The lowest BCUT2D eigenvalue weighted by Gasteiger charge is -2.09. The first-order valence-electron chi connectivity index (χ1n) is 6.99. The fourth-order valence-electron chi connectivity index (χ4n) is 1.74. The summed E-state index contributed by atoms with van der Waals surface area (Å²) in [5, 5.41) is 0.983. The van der Waals surface area contributed by atoms with Crippen LogP contribution in [0.25, 0.3) is 0 Å². The van der Waals surface area contributed by atoms with E-state index in [0.717, 1.165) is 29.4 Å². The maximum atomic E-state index is 5.70. The molecule has 0 amide bonds. The lowest BCUT2D eigenvalue weighted by Crippen LogP contribution is -2.04. The van der Waals surface area contributed by atoms with Crippen molar-refractivity contribution >= 4 is 15.9 Å². The summed E-state index contributed by atoms with van der Waals surface area (Å²) >= 11 is 3.39. The second-order valence-corrected chi connectivity index (χ2v) is 5.44. The number of ether oxygens (including phenoxy) is 2. The van der Waals surface area contributed by atoms with E-state index < -0.39 is 0 Å². The number of rotatable bonds is 8. The quantitative estimate of drug-likeness (QED) is 0.534. The smallest absolute Gasteiger partial charge is 0.319 e. The average Bonchev–Trinajstić information content (AvgIpc) is 2.50. The number of hydrogen-bond donors (Lipinski definition) is 0. The number of halogens is 1. The van der Waals surface area contributed by atoms with Crippen LogP contribution in [0.15, 0.2) is 36.4 Å². The molecule has 4 nitrogen and oxygen atoms in total. The molecule has 0 aliphatic carbocycles. The van der Waals surface area contributed by atoms with Gasteiger partial charge in [-0.3, -0.25) is 0 Å². The minimum Gasteiger partial charge on any atom is -0.473 e. The number of aryl methyl sites for hydroxylation is 1. The molecule has 21 heavy (non-hydrogen) atoms. The third kappa shape index (κ3) is 5.71. The second-order valence-electron chi connectivity index (χ2n) is 4.65. The van der Waals surface area contributed by atoms with Gasteiger partial charge < -0.3 is 9.47 Å². The Morgan fingerprint density at radius 2 is 1.86 bits per heavy atom. The van der Waals surface area contributed by atoms with Gasteiger partial charge in [0.2, 0.25) is 5.88 Å². The van der Waals surface area contributed by atoms with Gasteiger partial charge in [0.1, 0.15) is 6.61 Å². The zero-order valence-corrected chi connectivity index (χ0v) is 13.7. The molecule has 0 aliphatic heterocycles. The highest BCUT2D eigenvalue weighted by atomic mass is 79.9. The number of nitrogens with zero attached hydrogens (tertiary/aromatic N) is 2. The Kier molecular flexibility index (Phi) is 6.47. The predicted molar refractivity (Wildman–Crippen MR) is 86.1 cm³/mol. The first kappa shape index (κ1) is 15.8. The first-order valence-corrected chi connectivity index (χ1v) is 8.11. The van der Waals surface area contributed by atoms with Crippen molar-refractivity contribution in [2.75, 3.05) is 11.9 Å². The van der Waals surface area contributed by atoms with Crippen molar-refractivity contribution in [3.63, 3.8) is 0 Å². The second kappa shape index (κ2) is 8.62. The van der Waals surface area contributed by atoms with E-state index in [9.17, 15) is 0 Å². The fraction of sp³-hybridized carbons (Fsp3) is 0.375. The van der Waals surface area contributed by atoms with E-state index in [1.807, 2.05) is 43.3 Å².